The van der Waals surface area contributed by atoms with Crippen LogP contribution >= 0.6 is 0 Å². The minimum Gasteiger partial charge on any atom is -0.481 e. The number of aliphatic hydroxyl groups is 2. The molecule has 0 aliphatic carbocycles. The molecule has 4 rings (SSSR count). The number of imidazole rings is 1. The Bertz CT molecular complexity index is 1600. The van der Waals surface area contributed by atoms with Crippen molar-refractivity contribution in [3.05, 3.63) is 84.3 Å². The molecular weight excluding hydrogens is 563 g/mol. The highest BCUT2D eigenvalue weighted by Gasteiger charge is 2.32. The van der Waals surface area contributed by atoms with Gasteiger partial charge in [-0.05, 0) is 36.4 Å². The maximum absolute atomic E-state index is 13.8. The predicted octanol–water partition coefficient (Wildman–Crippen LogP) is 6.12. The number of aliphatic hydroxyl groups excluding tert-OH is 2. The Labute approximate surface area is 246 Å². The molecule has 0 amide bonds. The smallest absolute Gasteiger partial charge is 0.416 e. The molecular formula is C31H32F3N5O4. The number of aliphatic carboxylic acids is 1. The van der Waals surface area contributed by atoms with Crippen molar-refractivity contribution in [1.82, 2.24) is 19.5 Å². The van der Waals surface area contributed by atoms with E-state index in [9.17, 15) is 28.2 Å². The van der Waals surface area contributed by atoms with Crippen LogP contribution < -0.4 is 5.32 Å². The molecule has 0 unspecified atom stereocenters. The van der Waals surface area contributed by atoms with E-state index in [-0.39, 0.29) is 29.3 Å². The van der Waals surface area contributed by atoms with Crippen LogP contribution in [0, 0.1) is 0 Å². The lowest BCUT2D eigenvalue weighted by Gasteiger charge is -2.20. The van der Waals surface area contributed by atoms with Crippen molar-refractivity contribution < 1.29 is 33.3 Å². The molecule has 4 aromatic rings. The van der Waals surface area contributed by atoms with Crippen molar-refractivity contribution in [3.8, 4) is 22.6 Å². The van der Waals surface area contributed by atoms with Gasteiger partial charge in [0.05, 0.1) is 35.6 Å². The Hall–Kier alpha value is -4.55. The van der Waals surface area contributed by atoms with Crippen molar-refractivity contribution >= 4 is 23.8 Å². The first-order valence-electron chi connectivity index (χ1n) is 13.4. The van der Waals surface area contributed by atoms with Gasteiger partial charge in [0.25, 0.3) is 0 Å². The van der Waals surface area contributed by atoms with Crippen molar-refractivity contribution in [1.29, 1.82) is 0 Å². The fraction of sp³-hybridized carbons (Fsp3) is 0.290. The van der Waals surface area contributed by atoms with E-state index >= 15 is 0 Å². The lowest BCUT2D eigenvalue weighted by atomic mass is 9.95. The molecule has 0 saturated carbocycles. The van der Waals surface area contributed by atoms with Gasteiger partial charge in [0.15, 0.2) is 0 Å². The molecule has 0 spiro atoms. The molecule has 12 heteroatoms. The number of alkyl halides is 3. The molecule has 0 aliphatic rings. The number of para-hydroxylation sites is 1. The summed E-state index contributed by atoms with van der Waals surface area (Å²) in [5, 5.41) is 32.5. The van der Waals surface area contributed by atoms with Crippen LogP contribution in [0.15, 0.2) is 72.9 Å². The molecule has 2 heterocycles. The van der Waals surface area contributed by atoms with E-state index in [0.717, 1.165) is 17.8 Å². The lowest BCUT2D eigenvalue weighted by molar-refractivity contribution is -0.139. The van der Waals surface area contributed by atoms with E-state index in [0.29, 0.717) is 11.5 Å². The number of nitrogens with one attached hydrogen (secondary N) is 1. The third-order valence-corrected chi connectivity index (χ3v) is 6.35. The predicted molar refractivity (Wildman–Crippen MR) is 156 cm³/mol. The summed E-state index contributed by atoms with van der Waals surface area (Å²) in [5.41, 5.74) is 0.384. The van der Waals surface area contributed by atoms with Gasteiger partial charge >= 0.3 is 12.1 Å². The van der Waals surface area contributed by atoms with E-state index < -0.39 is 41.8 Å². The molecule has 0 aliphatic heterocycles. The first kappa shape index (κ1) is 31.4. The van der Waals surface area contributed by atoms with Gasteiger partial charge in [-0.2, -0.15) is 13.2 Å². The second-order valence-corrected chi connectivity index (χ2v) is 11.0. The second kappa shape index (κ2) is 12.8. The third-order valence-electron chi connectivity index (χ3n) is 6.35. The van der Waals surface area contributed by atoms with Gasteiger partial charge in [-0.3, -0.25) is 4.79 Å². The molecule has 2 atom stereocenters. The normalized spacial score (nSPS) is 13.7. The summed E-state index contributed by atoms with van der Waals surface area (Å²) >= 11 is 0. The molecule has 43 heavy (non-hydrogen) atoms. The number of anilines is 2. The van der Waals surface area contributed by atoms with Gasteiger partial charge in [-0.25, -0.2) is 15.0 Å². The van der Waals surface area contributed by atoms with Crippen LogP contribution in [0.3, 0.4) is 0 Å². The average Bonchev–Trinajstić information content (AvgIpc) is 3.32. The highest BCUT2D eigenvalue weighted by molar-refractivity contribution is 5.80. The van der Waals surface area contributed by atoms with Gasteiger partial charge in [-0.15, -0.1) is 0 Å². The highest BCUT2D eigenvalue weighted by atomic mass is 19.4. The lowest BCUT2D eigenvalue weighted by Crippen LogP contribution is -2.20. The maximum Gasteiger partial charge on any atom is 0.416 e. The monoisotopic (exact) mass is 595 g/mol. The standard InChI is InChI=1S/C31H32F3N5O4/c1-30(2,3)28-38-26(24-12-14-35-29(37-24)36-21-10-5-4-6-11-21)27(19-8-7-9-20(16-19)31(32,33)34)39(28)15-13-22(40)17-23(41)18-25(42)43/h4-16,22-23,40-41H,17-18H2,1-3H3,(H,42,43)(H,35,36,37)/t22-,23-/m1/s1. The van der Waals surface area contributed by atoms with Crippen LogP contribution in [-0.4, -0.2) is 53.0 Å². The fourth-order valence-corrected chi connectivity index (χ4v) is 4.43. The van der Waals surface area contributed by atoms with Gasteiger partial charge in [0, 0.05) is 35.5 Å². The number of carbonyl (C=O) groups is 1. The van der Waals surface area contributed by atoms with Crippen LogP contribution in [-0.2, 0) is 16.4 Å². The molecule has 0 fully saturated rings. The number of carboxylic acids is 1. The quantitative estimate of drug-likeness (QED) is 0.172. The average molecular weight is 596 g/mol. The molecule has 226 valence electrons. The van der Waals surface area contributed by atoms with Gasteiger partial charge in [0.2, 0.25) is 5.95 Å². The Morgan fingerprint density at radius 1 is 1.02 bits per heavy atom. The molecule has 0 saturated heterocycles. The molecule has 0 bridgehead atoms. The number of carboxylic acid groups (broad SMARTS) is 1. The number of halogens is 3. The number of aromatic nitrogens is 4. The van der Waals surface area contributed by atoms with Crippen LogP contribution in [0.2, 0.25) is 0 Å². The Kier molecular flexibility index (Phi) is 9.31. The molecule has 4 N–H and O–H groups in total. The van der Waals surface area contributed by atoms with Crippen molar-refractivity contribution in [3.63, 3.8) is 0 Å². The second-order valence-electron chi connectivity index (χ2n) is 11.0. The van der Waals surface area contributed by atoms with E-state index in [1.807, 2.05) is 51.1 Å². The summed E-state index contributed by atoms with van der Waals surface area (Å²) in [6, 6.07) is 15.7. The van der Waals surface area contributed by atoms with Crippen LogP contribution in [0.25, 0.3) is 28.8 Å². The summed E-state index contributed by atoms with van der Waals surface area (Å²) < 4.78 is 42.9. The van der Waals surface area contributed by atoms with Crippen molar-refractivity contribution in [2.24, 2.45) is 0 Å². The summed E-state index contributed by atoms with van der Waals surface area (Å²) in [4.78, 5) is 24.7. The minimum absolute atomic E-state index is 0.203. The SMILES string of the molecule is CC(C)(C)c1nc(-c2ccnc(Nc3ccccc3)n2)c(-c2cccc(C(F)(F)F)c2)n1C=C[C@@H](O)C[C@@H](O)CC(=O)O. The Balaban J connectivity index is 1.89. The molecule has 2 aromatic heterocycles. The maximum atomic E-state index is 13.8. The molecule has 2 aromatic carbocycles. The zero-order valence-electron chi connectivity index (χ0n) is 23.7. The summed E-state index contributed by atoms with van der Waals surface area (Å²) in [6.45, 7) is 5.65. The number of hydrogen-bond donors (Lipinski definition) is 4. The van der Waals surface area contributed by atoms with Gasteiger partial charge < -0.3 is 25.2 Å². The number of rotatable bonds is 10. The zero-order chi connectivity index (χ0) is 31.4. The molecule has 9 nitrogen and oxygen atoms in total. The highest BCUT2D eigenvalue weighted by Crippen LogP contribution is 2.39. The van der Waals surface area contributed by atoms with E-state index in [1.54, 1.807) is 10.6 Å². The van der Waals surface area contributed by atoms with Crippen LogP contribution in [0.4, 0.5) is 24.8 Å². The summed E-state index contributed by atoms with van der Waals surface area (Å²) in [7, 11) is 0. The fourth-order valence-electron chi connectivity index (χ4n) is 4.43. The number of benzene rings is 2. The van der Waals surface area contributed by atoms with E-state index in [1.165, 1.54) is 30.6 Å². The van der Waals surface area contributed by atoms with Crippen molar-refractivity contribution in [2.45, 2.75) is 57.4 Å². The Morgan fingerprint density at radius 3 is 2.40 bits per heavy atom. The topological polar surface area (TPSA) is 133 Å². The van der Waals surface area contributed by atoms with Gasteiger partial charge in [-0.1, -0.05) is 51.1 Å². The molecule has 0 radical (unpaired) electrons. The first-order chi connectivity index (χ1) is 20.2. The first-order valence-corrected chi connectivity index (χ1v) is 13.4. The third kappa shape index (κ3) is 8.05. The number of nitrogens with zero attached hydrogens (tertiary/aromatic N) is 4. The summed E-state index contributed by atoms with van der Waals surface area (Å²) in [5.74, 6) is -0.500. The van der Waals surface area contributed by atoms with Crippen LogP contribution in [0.5, 0.6) is 0 Å². The largest absolute Gasteiger partial charge is 0.481 e. The number of hydrogen-bond acceptors (Lipinski definition) is 7. The minimum atomic E-state index is -4.60. The zero-order valence-corrected chi connectivity index (χ0v) is 23.7. The Morgan fingerprint density at radius 2 is 1.74 bits per heavy atom. The van der Waals surface area contributed by atoms with E-state index in [4.69, 9.17) is 10.1 Å². The van der Waals surface area contributed by atoms with Crippen LogP contribution in [0.1, 0.15) is 45.0 Å². The van der Waals surface area contributed by atoms with Gasteiger partial charge in [0.1, 0.15) is 11.5 Å². The van der Waals surface area contributed by atoms with Crippen molar-refractivity contribution in [2.75, 3.05) is 5.32 Å². The summed E-state index contributed by atoms with van der Waals surface area (Å²) in [6.07, 6.45) is -3.62. The van der Waals surface area contributed by atoms with E-state index in [2.05, 4.69) is 15.3 Å².